The minimum atomic E-state index is -0.290. The van der Waals surface area contributed by atoms with Gasteiger partial charge in [-0.05, 0) is 42.9 Å². The van der Waals surface area contributed by atoms with Crippen LogP contribution in [-0.2, 0) is 13.0 Å². The fourth-order valence-corrected chi connectivity index (χ4v) is 2.74. The number of likely N-dealkylation sites (N-methyl/N-ethyl adjacent to an activating group) is 1. The number of halogens is 2. The van der Waals surface area contributed by atoms with Crippen molar-refractivity contribution in [1.82, 2.24) is 20.1 Å². The summed E-state index contributed by atoms with van der Waals surface area (Å²) < 4.78 is 16.8. The van der Waals surface area contributed by atoms with Gasteiger partial charge in [-0.3, -0.25) is 9.67 Å². The van der Waals surface area contributed by atoms with Gasteiger partial charge in [0.25, 0.3) is 0 Å². The van der Waals surface area contributed by atoms with E-state index in [1.165, 1.54) is 6.20 Å². The molecule has 2 aromatic rings. The van der Waals surface area contributed by atoms with Crippen molar-refractivity contribution < 1.29 is 4.39 Å². The van der Waals surface area contributed by atoms with E-state index < -0.39 is 0 Å². The molecule has 6 heteroatoms. The Hall–Kier alpha value is -1.27. The maximum Gasteiger partial charge on any atom is 0.146 e. The maximum absolute atomic E-state index is 13.9. The molecule has 0 aliphatic rings. The highest BCUT2D eigenvalue weighted by molar-refractivity contribution is 9.10. The molecule has 0 saturated carbocycles. The van der Waals surface area contributed by atoms with E-state index in [0.717, 1.165) is 22.4 Å². The van der Waals surface area contributed by atoms with Gasteiger partial charge >= 0.3 is 0 Å². The van der Waals surface area contributed by atoms with Crippen molar-refractivity contribution in [2.24, 2.45) is 0 Å². The van der Waals surface area contributed by atoms with Gasteiger partial charge in [-0.1, -0.05) is 0 Å². The smallest absolute Gasteiger partial charge is 0.146 e. The number of hydrogen-bond donors (Lipinski definition) is 1. The number of rotatable bonds is 5. The first-order valence-corrected chi connectivity index (χ1v) is 7.36. The van der Waals surface area contributed by atoms with Crippen molar-refractivity contribution in [2.45, 2.75) is 32.9 Å². The third-order valence-electron chi connectivity index (χ3n) is 3.38. The molecule has 1 unspecified atom stereocenters. The minimum Gasteiger partial charge on any atom is -0.313 e. The molecule has 2 heterocycles. The topological polar surface area (TPSA) is 42.7 Å². The summed E-state index contributed by atoms with van der Waals surface area (Å²) in [5.41, 5.74) is 2.64. The zero-order valence-corrected chi connectivity index (χ0v) is 13.4. The van der Waals surface area contributed by atoms with E-state index in [-0.39, 0.29) is 11.9 Å². The number of aromatic nitrogens is 3. The Labute approximate surface area is 126 Å². The second-order valence-corrected chi connectivity index (χ2v) is 5.40. The van der Waals surface area contributed by atoms with Crippen molar-refractivity contribution in [3.63, 3.8) is 0 Å². The van der Waals surface area contributed by atoms with Crippen molar-refractivity contribution in [3.05, 3.63) is 45.7 Å². The van der Waals surface area contributed by atoms with Crippen LogP contribution in [0.25, 0.3) is 0 Å². The van der Waals surface area contributed by atoms with Crippen LogP contribution in [0.3, 0.4) is 0 Å². The lowest BCUT2D eigenvalue weighted by Crippen LogP contribution is -2.22. The second-order valence-electron chi connectivity index (χ2n) is 4.60. The summed E-state index contributed by atoms with van der Waals surface area (Å²) in [6.45, 7) is 4.79. The fourth-order valence-electron chi connectivity index (χ4n) is 2.29. The third kappa shape index (κ3) is 2.91. The quantitative estimate of drug-likeness (QED) is 0.909. The van der Waals surface area contributed by atoms with Crippen LogP contribution in [0.4, 0.5) is 4.39 Å². The van der Waals surface area contributed by atoms with Gasteiger partial charge in [0.05, 0.1) is 22.1 Å². The molecule has 4 nitrogen and oxygen atoms in total. The molecule has 0 aromatic carbocycles. The molecule has 0 amide bonds. The van der Waals surface area contributed by atoms with Crippen LogP contribution in [0, 0.1) is 12.7 Å². The molecule has 20 heavy (non-hydrogen) atoms. The highest BCUT2D eigenvalue weighted by Gasteiger charge is 2.20. The summed E-state index contributed by atoms with van der Waals surface area (Å²) in [4.78, 5) is 3.79. The summed E-state index contributed by atoms with van der Waals surface area (Å²) in [7, 11) is 1.83. The normalized spacial score (nSPS) is 12.7. The summed E-state index contributed by atoms with van der Waals surface area (Å²) in [5, 5.41) is 7.63. The lowest BCUT2D eigenvalue weighted by molar-refractivity contribution is 0.507. The van der Waals surface area contributed by atoms with Gasteiger partial charge in [0, 0.05) is 30.8 Å². The van der Waals surface area contributed by atoms with Gasteiger partial charge in [-0.2, -0.15) is 5.10 Å². The first-order chi connectivity index (χ1) is 9.58. The van der Waals surface area contributed by atoms with Gasteiger partial charge in [-0.25, -0.2) is 4.39 Å². The molecule has 0 fully saturated rings. The average molecular weight is 341 g/mol. The van der Waals surface area contributed by atoms with E-state index in [4.69, 9.17) is 0 Å². The molecule has 2 rings (SSSR count). The molecule has 1 atom stereocenters. The van der Waals surface area contributed by atoms with Gasteiger partial charge < -0.3 is 5.32 Å². The van der Waals surface area contributed by atoms with Gasteiger partial charge in [0.1, 0.15) is 5.82 Å². The first-order valence-electron chi connectivity index (χ1n) is 6.56. The largest absolute Gasteiger partial charge is 0.313 e. The first kappa shape index (κ1) is 15.1. The number of hydrogen-bond acceptors (Lipinski definition) is 3. The van der Waals surface area contributed by atoms with Gasteiger partial charge in [-0.15, -0.1) is 0 Å². The Morgan fingerprint density at radius 1 is 1.50 bits per heavy atom. The minimum absolute atomic E-state index is 0.115. The monoisotopic (exact) mass is 340 g/mol. The summed E-state index contributed by atoms with van der Waals surface area (Å²) >= 11 is 3.57. The van der Waals surface area contributed by atoms with E-state index >= 15 is 0 Å². The van der Waals surface area contributed by atoms with Crippen LogP contribution in [0.15, 0.2) is 22.9 Å². The summed E-state index contributed by atoms with van der Waals surface area (Å²) in [6, 6.07) is 1.60. The molecule has 2 aromatic heterocycles. The number of nitrogens with zero attached hydrogens (tertiary/aromatic N) is 3. The van der Waals surface area contributed by atoms with Crippen LogP contribution in [0.2, 0.25) is 0 Å². The zero-order chi connectivity index (χ0) is 14.7. The van der Waals surface area contributed by atoms with Crippen LogP contribution < -0.4 is 5.32 Å². The van der Waals surface area contributed by atoms with E-state index in [1.807, 2.05) is 25.6 Å². The standard InChI is InChI=1S/C14H18BrFN4/c1-4-20-13(14(15)9(2)19-20)7-12(17-3)10-5-6-18-8-11(10)16/h5-6,8,12,17H,4,7H2,1-3H3. The highest BCUT2D eigenvalue weighted by Crippen LogP contribution is 2.27. The maximum atomic E-state index is 13.9. The predicted octanol–water partition coefficient (Wildman–Crippen LogP) is 3.01. The Morgan fingerprint density at radius 3 is 2.85 bits per heavy atom. The SMILES string of the molecule is CCn1nc(C)c(Br)c1CC(NC)c1ccncc1F. The molecule has 0 saturated heterocycles. The molecule has 0 spiro atoms. The fraction of sp³-hybridized carbons (Fsp3) is 0.429. The summed E-state index contributed by atoms with van der Waals surface area (Å²) in [5.74, 6) is -0.290. The molecule has 0 radical (unpaired) electrons. The van der Waals surface area contributed by atoms with E-state index in [1.54, 1.807) is 12.3 Å². The Morgan fingerprint density at radius 2 is 2.25 bits per heavy atom. The van der Waals surface area contributed by atoms with Crippen LogP contribution in [0.5, 0.6) is 0 Å². The number of nitrogens with one attached hydrogen (secondary N) is 1. The number of pyridine rings is 1. The molecule has 0 aliphatic heterocycles. The molecule has 108 valence electrons. The van der Waals surface area contributed by atoms with E-state index in [0.29, 0.717) is 12.0 Å². The Bertz CT molecular complexity index is 597. The van der Waals surface area contributed by atoms with E-state index in [9.17, 15) is 4.39 Å². The van der Waals surface area contributed by atoms with Crippen LogP contribution >= 0.6 is 15.9 Å². The predicted molar refractivity (Wildman–Crippen MR) is 80.0 cm³/mol. The van der Waals surface area contributed by atoms with Crippen molar-refractivity contribution in [1.29, 1.82) is 0 Å². The average Bonchev–Trinajstić information content (AvgIpc) is 2.73. The Balaban J connectivity index is 2.34. The van der Waals surface area contributed by atoms with Crippen LogP contribution in [0.1, 0.15) is 29.9 Å². The molecule has 0 bridgehead atoms. The zero-order valence-electron chi connectivity index (χ0n) is 11.8. The summed E-state index contributed by atoms with van der Waals surface area (Å²) in [6.07, 6.45) is 3.52. The highest BCUT2D eigenvalue weighted by atomic mass is 79.9. The second kappa shape index (κ2) is 6.45. The lowest BCUT2D eigenvalue weighted by atomic mass is 10.0. The number of aryl methyl sites for hydroxylation is 2. The van der Waals surface area contributed by atoms with Gasteiger partial charge in [0.2, 0.25) is 0 Å². The van der Waals surface area contributed by atoms with Crippen LogP contribution in [-0.4, -0.2) is 21.8 Å². The molecular formula is C14H18BrFN4. The third-order valence-corrected chi connectivity index (χ3v) is 4.41. The van der Waals surface area contributed by atoms with Crippen molar-refractivity contribution in [3.8, 4) is 0 Å². The molecule has 1 N–H and O–H groups in total. The van der Waals surface area contributed by atoms with Gasteiger partial charge in [0.15, 0.2) is 0 Å². The molecular weight excluding hydrogens is 323 g/mol. The van der Waals surface area contributed by atoms with Crippen molar-refractivity contribution in [2.75, 3.05) is 7.05 Å². The van der Waals surface area contributed by atoms with E-state index in [2.05, 4.69) is 31.3 Å². The Kier molecular flexibility index (Phi) is 4.88. The molecule has 0 aliphatic carbocycles. The lowest BCUT2D eigenvalue weighted by Gasteiger charge is -2.18. The van der Waals surface area contributed by atoms with Crippen molar-refractivity contribution >= 4 is 15.9 Å².